The molecule has 1 unspecified atom stereocenters. The van der Waals surface area contributed by atoms with Crippen molar-refractivity contribution in [1.29, 1.82) is 0 Å². The third-order valence-corrected chi connectivity index (χ3v) is 4.89. The molecule has 1 N–H and O–H groups in total. The van der Waals surface area contributed by atoms with Gasteiger partial charge in [0.25, 0.3) is 0 Å². The molecule has 0 spiro atoms. The molecule has 1 atom stereocenters. The summed E-state index contributed by atoms with van der Waals surface area (Å²) in [7, 11) is 0. The number of pyridine rings is 1. The highest BCUT2D eigenvalue weighted by atomic mass is 35.5. The number of rotatable bonds is 5. The minimum Gasteiger partial charge on any atom is -0.396 e. The second-order valence-corrected chi connectivity index (χ2v) is 7.04. The Bertz CT molecular complexity index is 634. The molecule has 3 rings (SSSR count). The van der Waals surface area contributed by atoms with Crippen LogP contribution in [0.5, 0.6) is 0 Å². The van der Waals surface area contributed by atoms with Gasteiger partial charge in [-0.3, -0.25) is 9.88 Å². The van der Waals surface area contributed by atoms with E-state index in [4.69, 9.17) is 11.6 Å². The minimum atomic E-state index is -0.0856. The number of likely N-dealkylation sites (tertiary alicyclic amines) is 1. The van der Waals surface area contributed by atoms with Gasteiger partial charge in [-0.05, 0) is 55.6 Å². The Hall–Kier alpha value is -1.42. The summed E-state index contributed by atoms with van der Waals surface area (Å²) in [5.74, 6) is 0. The third kappa shape index (κ3) is 4.31. The number of aliphatic hydroxyl groups is 1. The van der Waals surface area contributed by atoms with Crippen molar-refractivity contribution in [2.45, 2.75) is 25.8 Å². The molecular formula is C19H23ClN2O. The fraction of sp³-hybridized carbons (Fsp3) is 0.421. The van der Waals surface area contributed by atoms with Gasteiger partial charge in [0, 0.05) is 29.7 Å². The summed E-state index contributed by atoms with van der Waals surface area (Å²) in [6.45, 7) is 3.01. The average Bonchev–Trinajstić information content (AvgIpc) is 2.56. The van der Waals surface area contributed by atoms with Crippen molar-refractivity contribution in [2.75, 3.05) is 19.7 Å². The molecule has 1 fully saturated rings. The molecule has 122 valence electrons. The van der Waals surface area contributed by atoms with Crippen LogP contribution in [-0.2, 0) is 13.0 Å². The van der Waals surface area contributed by atoms with Crippen LogP contribution in [0.25, 0.3) is 0 Å². The Labute approximate surface area is 142 Å². The van der Waals surface area contributed by atoms with Crippen molar-refractivity contribution in [2.24, 2.45) is 5.41 Å². The molecule has 1 aromatic carbocycles. The zero-order chi connectivity index (χ0) is 16.1. The lowest BCUT2D eigenvalue weighted by Gasteiger charge is -2.42. The molecule has 1 aliphatic heterocycles. The topological polar surface area (TPSA) is 36.4 Å². The van der Waals surface area contributed by atoms with E-state index in [2.05, 4.69) is 22.0 Å². The van der Waals surface area contributed by atoms with Crippen molar-refractivity contribution in [3.63, 3.8) is 0 Å². The van der Waals surface area contributed by atoms with Crippen molar-refractivity contribution in [1.82, 2.24) is 9.88 Å². The minimum absolute atomic E-state index is 0.0856. The zero-order valence-corrected chi connectivity index (χ0v) is 14.0. The number of aromatic nitrogens is 1. The van der Waals surface area contributed by atoms with E-state index < -0.39 is 0 Å². The van der Waals surface area contributed by atoms with Crippen LogP contribution in [0.4, 0.5) is 0 Å². The summed E-state index contributed by atoms with van der Waals surface area (Å²) in [5, 5.41) is 10.8. The number of aliphatic hydroxyl groups excluding tert-OH is 1. The molecule has 1 saturated heterocycles. The first-order valence-electron chi connectivity index (χ1n) is 8.17. The molecule has 0 bridgehead atoms. The summed E-state index contributed by atoms with van der Waals surface area (Å²) in [4.78, 5) is 6.83. The summed E-state index contributed by atoms with van der Waals surface area (Å²) in [6, 6.07) is 14.0. The summed E-state index contributed by atoms with van der Waals surface area (Å²) >= 11 is 6.11. The van der Waals surface area contributed by atoms with Gasteiger partial charge in [0.15, 0.2) is 0 Å². The Morgan fingerprint density at radius 2 is 2.13 bits per heavy atom. The largest absolute Gasteiger partial charge is 0.396 e. The van der Waals surface area contributed by atoms with Crippen LogP contribution in [0.2, 0.25) is 5.02 Å². The molecule has 1 aromatic heterocycles. The smallest absolute Gasteiger partial charge is 0.0543 e. The van der Waals surface area contributed by atoms with E-state index in [1.165, 1.54) is 5.56 Å². The van der Waals surface area contributed by atoms with Crippen LogP contribution in [0.1, 0.15) is 24.1 Å². The maximum Gasteiger partial charge on any atom is 0.0543 e. The predicted molar refractivity (Wildman–Crippen MR) is 93.4 cm³/mol. The maximum absolute atomic E-state index is 10.1. The van der Waals surface area contributed by atoms with E-state index >= 15 is 0 Å². The van der Waals surface area contributed by atoms with Crippen LogP contribution in [0.15, 0.2) is 48.7 Å². The van der Waals surface area contributed by atoms with E-state index in [0.717, 1.165) is 49.6 Å². The highest BCUT2D eigenvalue weighted by molar-refractivity contribution is 6.30. The van der Waals surface area contributed by atoms with E-state index in [-0.39, 0.29) is 12.0 Å². The lowest BCUT2D eigenvalue weighted by molar-refractivity contribution is 0.0283. The Morgan fingerprint density at radius 1 is 1.22 bits per heavy atom. The van der Waals surface area contributed by atoms with Gasteiger partial charge in [-0.2, -0.15) is 0 Å². The standard InChI is InChI=1S/C19H23ClN2O/c20-17-6-3-5-16(11-17)12-19(15-23)8-4-10-22(14-19)13-18-7-1-2-9-21-18/h1-3,5-7,9,11,23H,4,8,10,12-15H2. The Kier molecular flexibility index (Phi) is 5.31. The molecule has 1 aliphatic rings. The number of halogens is 1. The first kappa shape index (κ1) is 16.4. The van der Waals surface area contributed by atoms with Crippen LogP contribution in [-0.4, -0.2) is 34.7 Å². The fourth-order valence-electron chi connectivity index (χ4n) is 3.58. The number of nitrogens with zero attached hydrogens (tertiary/aromatic N) is 2. The van der Waals surface area contributed by atoms with Gasteiger partial charge in [0.1, 0.15) is 0 Å². The third-order valence-electron chi connectivity index (χ3n) is 4.66. The second-order valence-electron chi connectivity index (χ2n) is 6.60. The number of hydrogen-bond donors (Lipinski definition) is 1. The van der Waals surface area contributed by atoms with Crippen LogP contribution in [0.3, 0.4) is 0 Å². The summed E-state index contributed by atoms with van der Waals surface area (Å²) in [6.07, 6.45) is 4.86. The molecule has 4 heteroatoms. The van der Waals surface area contributed by atoms with Crippen molar-refractivity contribution in [3.8, 4) is 0 Å². The van der Waals surface area contributed by atoms with Gasteiger partial charge in [-0.25, -0.2) is 0 Å². The molecule has 0 saturated carbocycles. The first-order valence-corrected chi connectivity index (χ1v) is 8.55. The lowest BCUT2D eigenvalue weighted by Crippen LogP contribution is -2.46. The fourth-order valence-corrected chi connectivity index (χ4v) is 3.79. The van der Waals surface area contributed by atoms with Crippen LogP contribution in [0, 0.1) is 5.41 Å². The first-order chi connectivity index (χ1) is 11.2. The van der Waals surface area contributed by atoms with E-state index in [9.17, 15) is 5.11 Å². The lowest BCUT2D eigenvalue weighted by atomic mass is 9.75. The number of benzene rings is 1. The molecule has 2 aromatic rings. The van der Waals surface area contributed by atoms with Gasteiger partial charge in [0.2, 0.25) is 0 Å². The van der Waals surface area contributed by atoms with Gasteiger partial charge < -0.3 is 5.11 Å². The number of hydrogen-bond acceptors (Lipinski definition) is 3. The van der Waals surface area contributed by atoms with E-state index in [1.807, 2.05) is 36.5 Å². The Balaban J connectivity index is 1.71. The predicted octanol–water partition coefficient (Wildman–Crippen LogP) is 3.55. The highest BCUT2D eigenvalue weighted by Crippen LogP contribution is 2.34. The zero-order valence-electron chi connectivity index (χ0n) is 13.3. The van der Waals surface area contributed by atoms with Gasteiger partial charge in [-0.1, -0.05) is 29.8 Å². The summed E-state index contributed by atoms with van der Waals surface area (Å²) < 4.78 is 0. The van der Waals surface area contributed by atoms with Gasteiger partial charge in [-0.15, -0.1) is 0 Å². The van der Waals surface area contributed by atoms with Gasteiger partial charge in [0.05, 0.1) is 12.3 Å². The van der Waals surface area contributed by atoms with Crippen LogP contribution < -0.4 is 0 Å². The molecule has 0 amide bonds. The molecule has 23 heavy (non-hydrogen) atoms. The molecule has 3 nitrogen and oxygen atoms in total. The molecular weight excluding hydrogens is 308 g/mol. The van der Waals surface area contributed by atoms with Crippen molar-refractivity contribution >= 4 is 11.6 Å². The van der Waals surface area contributed by atoms with Crippen molar-refractivity contribution in [3.05, 3.63) is 64.9 Å². The van der Waals surface area contributed by atoms with Crippen molar-refractivity contribution < 1.29 is 5.11 Å². The van der Waals surface area contributed by atoms with E-state index in [0.29, 0.717) is 0 Å². The van der Waals surface area contributed by atoms with Crippen LogP contribution >= 0.6 is 11.6 Å². The van der Waals surface area contributed by atoms with Gasteiger partial charge >= 0.3 is 0 Å². The average molecular weight is 331 g/mol. The highest BCUT2D eigenvalue weighted by Gasteiger charge is 2.35. The Morgan fingerprint density at radius 3 is 2.87 bits per heavy atom. The van der Waals surface area contributed by atoms with E-state index in [1.54, 1.807) is 0 Å². The number of piperidine rings is 1. The maximum atomic E-state index is 10.1. The molecule has 2 heterocycles. The molecule has 0 radical (unpaired) electrons. The normalized spacial score (nSPS) is 22.2. The molecule has 0 aliphatic carbocycles. The monoisotopic (exact) mass is 330 g/mol. The SMILES string of the molecule is OCC1(Cc2cccc(Cl)c2)CCCN(Cc2ccccn2)C1. The summed E-state index contributed by atoms with van der Waals surface area (Å²) in [5.41, 5.74) is 2.20. The second kappa shape index (κ2) is 7.43. The quantitative estimate of drug-likeness (QED) is 0.910.